The van der Waals surface area contributed by atoms with Crippen molar-refractivity contribution in [1.82, 2.24) is 5.32 Å². The summed E-state index contributed by atoms with van der Waals surface area (Å²) in [6, 6.07) is 12.0. The van der Waals surface area contributed by atoms with Crippen molar-refractivity contribution in [3.63, 3.8) is 0 Å². The zero-order valence-electron chi connectivity index (χ0n) is 13.6. The number of hydrogen-bond acceptors (Lipinski definition) is 3. The Morgan fingerprint density at radius 2 is 1.75 bits per heavy atom. The van der Waals surface area contributed by atoms with Crippen LogP contribution in [0.2, 0.25) is 0 Å². The summed E-state index contributed by atoms with van der Waals surface area (Å²) >= 11 is 0. The average molecular weight is 332 g/mol. The van der Waals surface area contributed by atoms with E-state index in [0.717, 1.165) is 5.75 Å². The van der Waals surface area contributed by atoms with E-state index in [1.165, 1.54) is 24.3 Å². The number of rotatable bonds is 6. The van der Waals surface area contributed by atoms with Crippen molar-refractivity contribution in [1.29, 1.82) is 0 Å². The summed E-state index contributed by atoms with van der Waals surface area (Å²) in [7, 11) is 0. The fraction of sp³-hybridized carbons (Fsp3) is 0.278. The molecule has 0 aliphatic rings. The molecule has 24 heavy (non-hydrogen) atoms. The van der Waals surface area contributed by atoms with Gasteiger partial charge in [-0.2, -0.15) is 0 Å². The Bertz CT molecular complexity index is 657. The Hall–Kier alpha value is -2.60. The Kier molecular flexibility index (Phi) is 6.14. The van der Waals surface area contributed by atoms with E-state index in [9.17, 15) is 14.3 Å². The first-order valence-electron chi connectivity index (χ1n) is 7.69. The minimum atomic E-state index is -0.836. The summed E-state index contributed by atoms with van der Waals surface area (Å²) in [5.74, 6) is 0.351. The molecule has 2 aromatic rings. The highest BCUT2D eigenvalue weighted by Gasteiger charge is 2.10. The van der Waals surface area contributed by atoms with Gasteiger partial charge in [-0.15, -0.1) is 0 Å². The maximum atomic E-state index is 12.8. The minimum Gasteiger partial charge on any atom is -0.491 e. The first-order valence-corrected chi connectivity index (χ1v) is 7.69. The predicted octanol–water partition coefficient (Wildman–Crippen LogP) is 3.47. The molecule has 0 saturated carbocycles. The number of ether oxygens (including phenoxy) is 1. The van der Waals surface area contributed by atoms with Crippen LogP contribution < -0.4 is 15.4 Å². The highest BCUT2D eigenvalue weighted by atomic mass is 19.1. The molecule has 1 unspecified atom stereocenters. The number of aliphatic hydroxyl groups is 1. The van der Waals surface area contributed by atoms with Crippen molar-refractivity contribution in [3.05, 3.63) is 59.9 Å². The number of aliphatic hydroxyl groups excluding tert-OH is 1. The summed E-state index contributed by atoms with van der Waals surface area (Å²) in [5, 5.41) is 15.2. The van der Waals surface area contributed by atoms with Gasteiger partial charge in [0.05, 0.1) is 12.2 Å². The summed E-state index contributed by atoms with van der Waals surface area (Å²) < 4.78 is 18.3. The SMILES string of the molecule is CC(C)Oc1ccc(C(O)CNC(=O)Nc2ccc(F)cc2)cc1. The standard InChI is InChI=1S/C18H21FN2O3/c1-12(2)24-16-9-3-13(4-10-16)17(22)11-20-18(23)21-15-7-5-14(19)6-8-15/h3-10,12,17,22H,11H2,1-2H3,(H2,20,21,23). The second-order valence-electron chi connectivity index (χ2n) is 5.59. The van der Waals surface area contributed by atoms with E-state index >= 15 is 0 Å². The number of hydrogen-bond donors (Lipinski definition) is 3. The Morgan fingerprint density at radius 1 is 1.12 bits per heavy atom. The van der Waals surface area contributed by atoms with Crippen molar-refractivity contribution in [3.8, 4) is 5.75 Å². The maximum absolute atomic E-state index is 12.8. The first kappa shape index (κ1) is 17.7. The lowest BCUT2D eigenvalue weighted by Crippen LogP contribution is -2.32. The molecule has 2 rings (SSSR count). The second kappa shape index (κ2) is 8.31. The molecule has 0 fully saturated rings. The molecule has 0 aliphatic heterocycles. The molecular formula is C18H21FN2O3. The number of nitrogens with one attached hydrogen (secondary N) is 2. The van der Waals surface area contributed by atoms with Gasteiger partial charge in [-0.05, 0) is 55.8 Å². The van der Waals surface area contributed by atoms with Gasteiger partial charge in [0, 0.05) is 12.2 Å². The Morgan fingerprint density at radius 3 is 2.33 bits per heavy atom. The molecule has 0 heterocycles. The fourth-order valence-electron chi connectivity index (χ4n) is 2.06. The summed E-state index contributed by atoms with van der Waals surface area (Å²) in [5.41, 5.74) is 1.15. The molecule has 2 aromatic carbocycles. The zero-order chi connectivity index (χ0) is 17.5. The topological polar surface area (TPSA) is 70.6 Å². The lowest BCUT2D eigenvalue weighted by molar-refractivity contribution is 0.175. The molecule has 128 valence electrons. The number of benzene rings is 2. The quantitative estimate of drug-likeness (QED) is 0.758. The molecule has 5 nitrogen and oxygen atoms in total. The molecular weight excluding hydrogens is 311 g/mol. The van der Waals surface area contributed by atoms with Gasteiger partial charge in [0.15, 0.2) is 0 Å². The van der Waals surface area contributed by atoms with E-state index in [-0.39, 0.29) is 18.5 Å². The maximum Gasteiger partial charge on any atom is 0.319 e. The molecule has 0 bridgehead atoms. The van der Waals surface area contributed by atoms with Crippen molar-refractivity contribution >= 4 is 11.7 Å². The summed E-state index contributed by atoms with van der Waals surface area (Å²) in [6.07, 6.45) is -0.755. The zero-order valence-corrected chi connectivity index (χ0v) is 13.6. The molecule has 0 spiro atoms. The van der Waals surface area contributed by atoms with Crippen LogP contribution in [0.5, 0.6) is 5.75 Å². The molecule has 1 atom stereocenters. The second-order valence-corrected chi connectivity index (χ2v) is 5.59. The first-order chi connectivity index (χ1) is 11.4. The van der Waals surface area contributed by atoms with Gasteiger partial charge < -0.3 is 20.5 Å². The number of carbonyl (C=O) groups excluding carboxylic acids is 1. The molecule has 0 aromatic heterocycles. The highest BCUT2D eigenvalue weighted by Crippen LogP contribution is 2.18. The van der Waals surface area contributed by atoms with E-state index in [0.29, 0.717) is 11.3 Å². The highest BCUT2D eigenvalue weighted by molar-refractivity contribution is 5.89. The number of anilines is 1. The number of urea groups is 1. The van der Waals surface area contributed by atoms with Crippen LogP contribution in [-0.2, 0) is 0 Å². The Labute approximate surface area is 140 Å². The monoisotopic (exact) mass is 332 g/mol. The number of carbonyl (C=O) groups is 1. The molecule has 3 N–H and O–H groups in total. The third-order valence-electron chi connectivity index (χ3n) is 3.19. The molecule has 0 aliphatic carbocycles. The molecule has 0 saturated heterocycles. The van der Waals surface area contributed by atoms with Crippen LogP contribution in [-0.4, -0.2) is 23.8 Å². The van der Waals surface area contributed by atoms with Gasteiger partial charge >= 0.3 is 6.03 Å². The van der Waals surface area contributed by atoms with Gasteiger partial charge in [-0.25, -0.2) is 9.18 Å². The van der Waals surface area contributed by atoms with Crippen molar-refractivity contribution in [2.75, 3.05) is 11.9 Å². The predicted molar refractivity (Wildman–Crippen MR) is 90.6 cm³/mol. The van der Waals surface area contributed by atoms with Gasteiger partial charge in [-0.3, -0.25) is 0 Å². The lowest BCUT2D eigenvalue weighted by atomic mass is 10.1. The van der Waals surface area contributed by atoms with E-state index in [1.54, 1.807) is 24.3 Å². The molecule has 2 amide bonds. The molecule has 6 heteroatoms. The van der Waals surface area contributed by atoms with Gasteiger partial charge in [0.1, 0.15) is 11.6 Å². The summed E-state index contributed by atoms with van der Waals surface area (Å²) in [6.45, 7) is 3.93. The summed E-state index contributed by atoms with van der Waals surface area (Å²) in [4.78, 5) is 11.8. The third kappa shape index (κ3) is 5.55. The van der Waals surface area contributed by atoms with Crippen LogP contribution in [0.1, 0.15) is 25.5 Å². The van der Waals surface area contributed by atoms with E-state index in [2.05, 4.69) is 10.6 Å². The van der Waals surface area contributed by atoms with Crippen molar-refractivity contribution in [2.45, 2.75) is 26.1 Å². The third-order valence-corrected chi connectivity index (χ3v) is 3.19. The van der Waals surface area contributed by atoms with Crippen molar-refractivity contribution < 1.29 is 19.0 Å². The normalized spacial score (nSPS) is 11.9. The lowest BCUT2D eigenvalue weighted by Gasteiger charge is -2.14. The van der Waals surface area contributed by atoms with E-state index < -0.39 is 12.1 Å². The largest absolute Gasteiger partial charge is 0.491 e. The van der Waals surface area contributed by atoms with Crippen LogP contribution in [0.15, 0.2) is 48.5 Å². The molecule has 0 radical (unpaired) electrons. The van der Waals surface area contributed by atoms with Gasteiger partial charge in [0.25, 0.3) is 0 Å². The van der Waals surface area contributed by atoms with Crippen LogP contribution in [0, 0.1) is 5.82 Å². The van der Waals surface area contributed by atoms with Crippen LogP contribution >= 0.6 is 0 Å². The number of halogens is 1. The van der Waals surface area contributed by atoms with Gasteiger partial charge in [0.2, 0.25) is 0 Å². The van der Waals surface area contributed by atoms with Crippen LogP contribution in [0.3, 0.4) is 0 Å². The number of amides is 2. The Balaban J connectivity index is 1.82. The minimum absolute atomic E-state index is 0.0530. The smallest absolute Gasteiger partial charge is 0.319 e. The van der Waals surface area contributed by atoms with Crippen LogP contribution in [0.25, 0.3) is 0 Å². The fourth-order valence-corrected chi connectivity index (χ4v) is 2.06. The van der Waals surface area contributed by atoms with E-state index in [1.807, 2.05) is 13.8 Å². The van der Waals surface area contributed by atoms with Gasteiger partial charge in [-0.1, -0.05) is 12.1 Å². The van der Waals surface area contributed by atoms with Crippen molar-refractivity contribution in [2.24, 2.45) is 0 Å². The average Bonchev–Trinajstić information content (AvgIpc) is 2.55. The van der Waals surface area contributed by atoms with Crippen LogP contribution in [0.4, 0.5) is 14.9 Å². The van der Waals surface area contributed by atoms with E-state index in [4.69, 9.17) is 4.74 Å².